The van der Waals surface area contributed by atoms with Crippen LogP contribution in [0.15, 0.2) is 18.2 Å². The number of rotatable bonds is 7. The van der Waals surface area contributed by atoms with Crippen molar-refractivity contribution in [2.24, 2.45) is 17.8 Å². The summed E-state index contributed by atoms with van der Waals surface area (Å²) in [7, 11) is 0. The van der Waals surface area contributed by atoms with Crippen molar-refractivity contribution in [2.45, 2.75) is 32.6 Å². The molecule has 3 rings (SSSR count). The molecule has 0 unspecified atom stereocenters. The fraction of sp³-hybridized carbons (Fsp3) is 0.588. The number of hydrogen-bond donors (Lipinski definition) is 2. The zero-order valence-electron chi connectivity index (χ0n) is 12.6. The van der Waals surface area contributed by atoms with Crippen LogP contribution in [0.5, 0.6) is 5.75 Å². The number of para-hydroxylation sites is 1. The van der Waals surface area contributed by atoms with Gasteiger partial charge in [-0.25, -0.2) is 0 Å². The molecule has 0 radical (unpaired) electrons. The maximum Gasteiger partial charge on any atom is 0.255 e. The van der Waals surface area contributed by atoms with Gasteiger partial charge in [0.2, 0.25) is 0 Å². The summed E-state index contributed by atoms with van der Waals surface area (Å²) in [6.45, 7) is 3.18. The van der Waals surface area contributed by atoms with Gasteiger partial charge < -0.3 is 15.8 Å². The van der Waals surface area contributed by atoms with Gasteiger partial charge >= 0.3 is 0 Å². The minimum atomic E-state index is -0.0722. The van der Waals surface area contributed by atoms with Crippen molar-refractivity contribution in [3.05, 3.63) is 23.8 Å². The first-order valence-corrected chi connectivity index (χ1v) is 8.00. The lowest BCUT2D eigenvalue weighted by molar-refractivity contribution is 0.0939. The molecule has 21 heavy (non-hydrogen) atoms. The molecule has 0 saturated heterocycles. The molecule has 2 aliphatic rings. The molecule has 0 bridgehead atoms. The molecule has 4 heteroatoms. The highest BCUT2D eigenvalue weighted by atomic mass is 16.5. The summed E-state index contributed by atoms with van der Waals surface area (Å²) >= 11 is 0. The molecular formula is C17H24N2O2. The summed E-state index contributed by atoms with van der Waals surface area (Å²) in [5.41, 5.74) is 6.98. The lowest BCUT2D eigenvalue weighted by atomic mass is 9.98. The van der Waals surface area contributed by atoms with Gasteiger partial charge in [-0.05, 0) is 62.5 Å². The number of anilines is 1. The first kappa shape index (κ1) is 14.2. The second-order valence-electron chi connectivity index (χ2n) is 6.21. The molecule has 114 valence electrons. The van der Waals surface area contributed by atoms with Crippen molar-refractivity contribution in [3.63, 3.8) is 0 Å². The van der Waals surface area contributed by atoms with Crippen molar-refractivity contribution in [2.75, 3.05) is 18.9 Å². The van der Waals surface area contributed by atoms with Crippen LogP contribution in [0.3, 0.4) is 0 Å². The first-order chi connectivity index (χ1) is 10.2. The molecule has 0 spiro atoms. The Morgan fingerprint density at radius 3 is 2.57 bits per heavy atom. The molecule has 0 aliphatic heterocycles. The van der Waals surface area contributed by atoms with Crippen molar-refractivity contribution in [1.29, 1.82) is 0 Å². The van der Waals surface area contributed by atoms with Gasteiger partial charge in [-0.15, -0.1) is 0 Å². The second-order valence-corrected chi connectivity index (χ2v) is 6.21. The summed E-state index contributed by atoms with van der Waals surface area (Å²) in [6, 6.07) is 5.34. The maximum atomic E-state index is 12.4. The van der Waals surface area contributed by atoms with Gasteiger partial charge in [0, 0.05) is 6.54 Å². The van der Waals surface area contributed by atoms with Gasteiger partial charge in [0.15, 0.2) is 5.75 Å². The Hall–Kier alpha value is -1.71. The zero-order valence-corrected chi connectivity index (χ0v) is 12.6. The summed E-state index contributed by atoms with van der Waals surface area (Å²) in [5, 5.41) is 3.09. The maximum absolute atomic E-state index is 12.4. The predicted molar refractivity (Wildman–Crippen MR) is 83.3 cm³/mol. The molecule has 1 amide bonds. The van der Waals surface area contributed by atoms with Crippen LogP contribution >= 0.6 is 0 Å². The van der Waals surface area contributed by atoms with E-state index >= 15 is 0 Å². The average Bonchev–Trinajstić information content (AvgIpc) is 3.35. The Morgan fingerprint density at radius 1 is 1.33 bits per heavy atom. The molecule has 1 aromatic rings. The van der Waals surface area contributed by atoms with E-state index in [-0.39, 0.29) is 5.91 Å². The Kier molecular flexibility index (Phi) is 4.04. The summed E-state index contributed by atoms with van der Waals surface area (Å²) in [6.07, 6.45) is 5.33. The fourth-order valence-electron chi connectivity index (χ4n) is 3.11. The lowest BCUT2D eigenvalue weighted by Gasteiger charge is -2.17. The van der Waals surface area contributed by atoms with Crippen LogP contribution in [-0.4, -0.2) is 19.1 Å². The highest BCUT2D eigenvalue weighted by Crippen LogP contribution is 2.48. The molecule has 3 N–H and O–H groups in total. The zero-order chi connectivity index (χ0) is 14.8. The second kappa shape index (κ2) is 5.96. The third-order valence-electron chi connectivity index (χ3n) is 4.53. The van der Waals surface area contributed by atoms with E-state index in [1.54, 1.807) is 18.2 Å². The van der Waals surface area contributed by atoms with Crippen molar-refractivity contribution in [1.82, 2.24) is 5.32 Å². The number of hydrogen-bond acceptors (Lipinski definition) is 3. The van der Waals surface area contributed by atoms with Crippen LogP contribution in [0, 0.1) is 17.8 Å². The smallest absolute Gasteiger partial charge is 0.255 e. The number of benzene rings is 1. The van der Waals surface area contributed by atoms with Gasteiger partial charge in [-0.2, -0.15) is 0 Å². The van der Waals surface area contributed by atoms with Crippen LogP contribution in [-0.2, 0) is 0 Å². The number of nitrogen functional groups attached to an aromatic ring is 1. The standard InChI is InChI=1S/C17H24N2O2/c1-2-21-16-13(4-3-5-15(16)18)17(20)19-10-14(11-6-7-11)12-8-9-12/h3-5,11-12,14H,2,6-10,18H2,1H3,(H,19,20). The number of ether oxygens (including phenoxy) is 1. The predicted octanol–water partition coefficient (Wildman–Crippen LogP) is 2.83. The van der Waals surface area contributed by atoms with E-state index in [1.807, 2.05) is 6.92 Å². The van der Waals surface area contributed by atoms with Crippen LogP contribution in [0.1, 0.15) is 43.0 Å². The topological polar surface area (TPSA) is 64.3 Å². The molecule has 2 aliphatic carbocycles. The molecule has 0 atom stereocenters. The average molecular weight is 288 g/mol. The molecule has 4 nitrogen and oxygen atoms in total. The van der Waals surface area contributed by atoms with Gasteiger partial charge in [0.25, 0.3) is 5.91 Å². The number of nitrogens with two attached hydrogens (primary N) is 1. The van der Waals surface area contributed by atoms with Crippen LogP contribution in [0.2, 0.25) is 0 Å². The third kappa shape index (κ3) is 3.31. The first-order valence-electron chi connectivity index (χ1n) is 8.00. The monoisotopic (exact) mass is 288 g/mol. The van der Waals surface area contributed by atoms with E-state index in [0.717, 1.165) is 18.4 Å². The number of carbonyl (C=O) groups is 1. The quantitative estimate of drug-likeness (QED) is 0.758. The van der Waals surface area contributed by atoms with Crippen molar-refractivity contribution in [3.8, 4) is 5.75 Å². The summed E-state index contributed by atoms with van der Waals surface area (Å²) < 4.78 is 5.53. The largest absolute Gasteiger partial charge is 0.491 e. The Labute approximate surface area is 126 Å². The number of amides is 1. The van der Waals surface area contributed by atoms with E-state index in [2.05, 4.69) is 5.32 Å². The minimum Gasteiger partial charge on any atom is -0.491 e. The Bertz CT molecular complexity index is 510. The molecule has 2 saturated carbocycles. The highest BCUT2D eigenvalue weighted by molar-refractivity contribution is 5.98. The molecular weight excluding hydrogens is 264 g/mol. The Morgan fingerprint density at radius 2 is 2.00 bits per heavy atom. The van der Waals surface area contributed by atoms with Crippen LogP contribution < -0.4 is 15.8 Å². The van der Waals surface area contributed by atoms with Crippen LogP contribution in [0.25, 0.3) is 0 Å². The number of nitrogens with one attached hydrogen (secondary N) is 1. The summed E-state index contributed by atoms with van der Waals surface area (Å²) in [4.78, 5) is 12.4. The van der Waals surface area contributed by atoms with E-state index in [4.69, 9.17) is 10.5 Å². The van der Waals surface area contributed by atoms with E-state index in [0.29, 0.717) is 29.5 Å². The van der Waals surface area contributed by atoms with E-state index in [9.17, 15) is 4.79 Å². The molecule has 0 heterocycles. The SMILES string of the molecule is CCOc1c(N)cccc1C(=O)NCC(C1CC1)C1CC1. The van der Waals surface area contributed by atoms with Gasteiger partial charge in [-0.3, -0.25) is 4.79 Å². The highest BCUT2D eigenvalue weighted by Gasteiger charge is 2.41. The molecule has 2 fully saturated rings. The van der Waals surface area contributed by atoms with Gasteiger partial charge in [-0.1, -0.05) is 6.07 Å². The lowest BCUT2D eigenvalue weighted by Crippen LogP contribution is -2.31. The Balaban J connectivity index is 1.65. The third-order valence-corrected chi connectivity index (χ3v) is 4.53. The van der Waals surface area contributed by atoms with Crippen LogP contribution in [0.4, 0.5) is 5.69 Å². The van der Waals surface area contributed by atoms with E-state index < -0.39 is 0 Å². The van der Waals surface area contributed by atoms with Crippen molar-refractivity contribution < 1.29 is 9.53 Å². The summed E-state index contributed by atoms with van der Waals surface area (Å²) in [5.74, 6) is 2.78. The number of carbonyl (C=O) groups excluding carboxylic acids is 1. The van der Waals surface area contributed by atoms with Gasteiger partial charge in [0.05, 0.1) is 17.9 Å². The minimum absolute atomic E-state index is 0.0722. The van der Waals surface area contributed by atoms with Gasteiger partial charge in [0.1, 0.15) is 0 Å². The molecule has 1 aromatic carbocycles. The molecule has 0 aromatic heterocycles. The fourth-order valence-corrected chi connectivity index (χ4v) is 3.11. The van der Waals surface area contributed by atoms with E-state index in [1.165, 1.54) is 25.7 Å². The normalized spacial score (nSPS) is 17.8. The van der Waals surface area contributed by atoms with Crippen molar-refractivity contribution >= 4 is 11.6 Å².